The summed E-state index contributed by atoms with van der Waals surface area (Å²) in [5, 5.41) is 0. The molecule has 1 fully saturated rings. The molecular weight excluding hydrogens is 381 g/mol. The van der Waals surface area contributed by atoms with E-state index in [0.29, 0.717) is 29.9 Å². The quantitative estimate of drug-likeness (QED) is 0.385. The van der Waals surface area contributed by atoms with E-state index in [-0.39, 0.29) is 17.3 Å². The van der Waals surface area contributed by atoms with Gasteiger partial charge >= 0.3 is 7.60 Å². The van der Waals surface area contributed by atoms with Gasteiger partial charge in [-0.3, -0.25) is 4.57 Å². The number of rotatable bonds is 8. The van der Waals surface area contributed by atoms with Crippen molar-refractivity contribution in [3.05, 3.63) is 12.7 Å². The first-order valence-electron chi connectivity index (χ1n) is 9.51. The monoisotopic (exact) mass is 411 g/mol. The van der Waals surface area contributed by atoms with Crippen LogP contribution in [0.5, 0.6) is 0 Å². The Bertz CT molecular complexity index is 905. The lowest BCUT2D eigenvalue weighted by Gasteiger charge is -2.30. The zero-order valence-corrected chi connectivity index (χ0v) is 18.2. The Balaban J connectivity index is 1.82. The van der Waals surface area contributed by atoms with E-state index >= 15 is 0 Å². The van der Waals surface area contributed by atoms with E-state index in [4.69, 9.17) is 15.3 Å². The molecule has 0 radical (unpaired) electrons. The molecule has 1 aliphatic carbocycles. The number of nitrogens with two attached hydrogens (primary N) is 1. The zero-order chi connectivity index (χ0) is 20.9. The van der Waals surface area contributed by atoms with Gasteiger partial charge in [0.25, 0.3) is 0 Å². The predicted octanol–water partition coefficient (Wildman–Crippen LogP) is 3.39. The van der Waals surface area contributed by atoms with Gasteiger partial charge in [-0.15, -0.1) is 4.67 Å². The van der Waals surface area contributed by atoms with Crippen LogP contribution in [0, 0.1) is 17.3 Å². The Hall–Kier alpha value is -1.54. The van der Waals surface area contributed by atoms with Crippen molar-refractivity contribution in [3.8, 4) is 0 Å². The standard InChI is InChI=1S/C18H30N5O4P/c1-11(2)14(12(3)4)28(24,25)27-26-18(7-17(18,5)6)8-23-10-22-13-15(19)20-9-21-16(13)23/h9-12,14H,7-8H2,1-6H3,(H,24,25)(H2,19,20,21). The molecule has 0 amide bonds. The normalized spacial score (nSPS) is 23.6. The van der Waals surface area contributed by atoms with Gasteiger partial charge < -0.3 is 15.2 Å². The van der Waals surface area contributed by atoms with Gasteiger partial charge in [-0.05, 0) is 18.3 Å². The average Bonchev–Trinajstić information content (AvgIpc) is 2.88. The van der Waals surface area contributed by atoms with Gasteiger partial charge in [-0.1, -0.05) is 41.5 Å². The Labute approximate surface area is 165 Å². The predicted molar refractivity (Wildman–Crippen MR) is 106 cm³/mol. The molecule has 2 aromatic rings. The largest absolute Gasteiger partial charge is 0.382 e. The average molecular weight is 411 g/mol. The number of fused-ring (bicyclic) bond motifs is 1. The van der Waals surface area contributed by atoms with E-state index < -0.39 is 18.9 Å². The summed E-state index contributed by atoms with van der Waals surface area (Å²) in [4.78, 5) is 28.8. The van der Waals surface area contributed by atoms with Crippen LogP contribution in [0.15, 0.2) is 12.7 Å². The molecular formula is C18H30N5O4P. The maximum atomic E-state index is 12.9. The third-order valence-electron chi connectivity index (χ3n) is 5.74. The SMILES string of the molecule is CC(C)C(C(C)C)P(=O)(O)OOC1(Cn2cnc3c(N)ncnc32)CC1(C)C. The highest BCUT2D eigenvalue weighted by atomic mass is 31.2. The van der Waals surface area contributed by atoms with Crippen LogP contribution in [-0.4, -0.2) is 35.7 Å². The Morgan fingerprint density at radius 3 is 2.39 bits per heavy atom. The summed E-state index contributed by atoms with van der Waals surface area (Å²) < 4.78 is 20.0. The molecule has 3 rings (SSSR count). The van der Waals surface area contributed by atoms with Crippen molar-refractivity contribution in [2.75, 3.05) is 5.73 Å². The second kappa shape index (κ2) is 7.06. The molecule has 0 aromatic carbocycles. The van der Waals surface area contributed by atoms with Crippen molar-refractivity contribution in [3.63, 3.8) is 0 Å². The van der Waals surface area contributed by atoms with Crippen molar-refractivity contribution < 1.29 is 19.0 Å². The molecule has 3 N–H and O–H groups in total. The minimum absolute atomic E-state index is 0.0140. The highest BCUT2D eigenvalue weighted by molar-refractivity contribution is 7.53. The molecule has 28 heavy (non-hydrogen) atoms. The highest BCUT2D eigenvalue weighted by Gasteiger charge is 2.65. The maximum absolute atomic E-state index is 12.9. The van der Waals surface area contributed by atoms with Crippen LogP contribution in [0.3, 0.4) is 0 Å². The molecule has 2 aromatic heterocycles. The van der Waals surface area contributed by atoms with Crippen LogP contribution < -0.4 is 5.73 Å². The van der Waals surface area contributed by atoms with Gasteiger partial charge in [0.05, 0.1) is 18.5 Å². The van der Waals surface area contributed by atoms with E-state index in [9.17, 15) is 9.46 Å². The van der Waals surface area contributed by atoms with Crippen molar-refractivity contribution in [1.82, 2.24) is 19.5 Å². The zero-order valence-electron chi connectivity index (χ0n) is 17.3. The lowest BCUT2D eigenvalue weighted by molar-refractivity contribution is -0.277. The summed E-state index contributed by atoms with van der Waals surface area (Å²) in [7, 11) is -3.97. The number of nitrogen functional groups attached to an aromatic ring is 1. The van der Waals surface area contributed by atoms with Crippen LogP contribution in [0.25, 0.3) is 11.2 Å². The fraction of sp³-hybridized carbons (Fsp3) is 0.722. The molecule has 0 bridgehead atoms. The van der Waals surface area contributed by atoms with Gasteiger partial charge in [-0.2, -0.15) is 0 Å². The molecule has 9 nitrogen and oxygen atoms in total. The topological polar surface area (TPSA) is 125 Å². The molecule has 2 unspecified atom stereocenters. The number of hydrogen-bond acceptors (Lipinski definition) is 7. The summed E-state index contributed by atoms with van der Waals surface area (Å²) >= 11 is 0. The molecule has 2 atom stereocenters. The summed E-state index contributed by atoms with van der Waals surface area (Å²) in [5.41, 5.74) is 5.48. The van der Waals surface area contributed by atoms with Crippen molar-refractivity contribution >= 4 is 24.6 Å². The third-order valence-corrected chi connectivity index (χ3v) is 7.97. The van der Waals surface area contributed by atoms with Crippen LogP contribution in [0.2, 0.25) is 0 Å². The first-order valence-corrected chi connectivity index (χ1v) is 11.2. The van der Waals surface area contributed by atoms with E-state index in [1.165, 1.54) is 6.33 Å². The van der Waals surface area contributed by atoms with Crippen LogP contribution >= 0.6 is 7.60 Å². The number of aromatic nitrogens is 4. The fourth-order valence-corrected chi connectivity index (χ4v) is 5.95. The summed E-state index contributed by atoms with van der Waals surface area (Å²) in [6.07, 6.45) is 3.68. The van der Waals surface area contributed by atoms with E-state index in [2.05, 4.69) is 15.0 Å². The van der Waals surface area contributed by atoms with E-state index in [0.717, 1.165) is 0 Å². The number of anilines is 1. The molecule has 156 valence electrons. The van der Waals surface area contributed by atoms with Gasteiger partial charge in [-0.25, -0.2) is 19.8 Å². The first-order chi connectivity index (χ1) is 12.9. The second-order valence-electron chi connectivity index (χ2n) is 9.06. The minimum atomic E-state index is -3.97. The van der Waals surface area contributed by atoms with Crippen LogP contribution in [0.4, 0.5) is 5.82 Å². The molecule has 2 heterocycles. The fourth-order valence-electron chi connectivity index (χ4n) is 4.10. The van der Waals surface area contributed by atoms with Crippen LogP contribution in [-0.2, 0) is 20.7 Å². The second-order valence-corrected chi connectivity index (χ2v) is 10.9. The Kier molecular flexibility index (Phi) is 5.34. The van der Waals surface area contributed by atoms with E-state index in [1.807, 2.05) is 46.1 Å². The van der Waals surface area contributed by atoms with E-state index in [1.54, 1.807) is 6.33 Å². The lowest BCUT2D eigenvalue weighted by atomic mass is 10.00. The molecule has 0 saturated heterocycles. The summed E-state index contributed by atoms with van der Waals surface area (Å²) in [6.45, 7) is 12.1. The third kappa shape index (κ3) is 3.68. The van der Waals surface area contributed by atoms with Gasteiger partial charge in [0.15, 0.2) is 11.5 Å². The summed E-state index contributed by atoms with van der Waals surface area (Å²) in [6, 6.07) is 0. The molecule has 0 spiro atoms. The maximum Gasteiger partial charge on any atom is 0.359 e. The summed E-state index contributed by atoms with van der Waals surface area (Å²) in [5.74, 6) is 0.279. The van der Waals surface area contributed by atoms with Crippen LogP contribution in [0.1, 0.15) is 48.0 Å². The Morgan fingerprint density at radius 1 is 1.25 bits per heavy atom. The van der Waals surface area contributed by atoms with Crippen molar-refractivity contribution in [2.24, 2.45) is 17.3 Å². The molecule has 1 saturated carbocycles. The first kappa shape index (κ1) is 21.2. The van der Waals surface area contributed by atoms with Crippen molar-refractivity contribution in [2.45, 2.75) is 65.8 Å². The molecule has 0 aliphatic heterocycles. The number of imidazole rings is 1. The van der Waals surface area contributed by atoms with Gasteiger partial charge in [0.1, 0.15) is 17.4 Å². The number of nitrogens with zero attached hydrogens (tertiary/aromatic N) is 4. The lowest BCUT2D eigenvalue weighted by Crippen LogP contribution is -2.30. The number of hydrogen-bond donors (Lipinski definition) is 2. The molecule has 10 heteroatoms. The van der Waals surface area contributed by atoms with Gasteiger partial charge in [0.2, 0.25) is 0 Å². The molecule has 1 aliphatic rings. The Morgan fingerprint density at radius 2 is 1.86 bits per heavy atom. The van der Waals surface area contributed by atoms with Crippen molar-refractivity contribution in [1.29, 1.82) is 0 Å². The highest BCUT2D eigenvalue weighted by Crippen LogP contribution is 2.63. The van der Waals surface area contributed by atoms with Gasteiger partial charge in [0, 0.05) is 5.41 Å². The minimum Gasteiger partial charge on any atom is -0.382 e. The smallest absolute Gasteiger partial charge is 0.359 e.